The molecule has 1 aliphatic rings. The molecule has 90 valence electrons. The molecule has 0 aliphatic carbocycles. The van der Waals surface area contributed by atoms with Crippen molar-refractivity contribution in [1.29, 1.82) is 0 Å². The van der Waals surface area contributed by atoms with Crippen molar-refractivity contribution in [2.45, 2.75) is 26.7 Å². The summed E-state index contributed by atoms with van der Waals surface area (Å²) in [5, 5.41) is 0. The Balaban J connectivity index is 1.92. The number of likely N-dealkylation sites (tertiary alicyclic amines) is 1. The van der Waals surface area contributed by atoms with Gasteiger partial charge in [0.25, 0.3) is 0 Å². The topological polar surface area (TPSA) is 12.5 Å². The van der Waals surface area contributed by atoms with Gasteiger partial charge >= 0.3 is 0 Å². The number of halogens is 1. The predicted molar refractivity (Wildman–Crippen MR) is 65.5 cm³/mol. The van der Waals surface area contributed by atoms with Crippen molar-refractivity contribution in [2.75, 3.05) is 38.7 Å². The highest BCUT2D eigenvalue weighted by atomic mass is 35.5. The maximum absolute atomic E-state index is 5.83. The number of ether oxygens (including phenoxy) is 1. The van der Waals surface area contributed by atoms with Crippen molar-refractivity contribution in [3.8, 4) is 0 Å². The van der Waals surface area contributed by atoms with E-state index in [2.05, 4.69) is 18.7 Å². The van der Waals surface area contributed by atoms with Crippen LogP contribution in [0.25, 0.3) is 0 Å². The zero-order chi connectivity index (χ0) is 11.1. The minimum absolute atomic E-state index is 0.710. The van der Waals surface area contributed by atoms with Crippen LogP contribution in [-0.4, -0.2) is 43.6 Å². The second kappa shape index (κ2) is 7.48. The van der Waals surface area contributed by atoms with E-state index in [1.807, 2.05) is 0 Å². The summed E-state index contributed by atoms with van der Waals surface area (Å²) in [5.41, 5.74) is 0. The lowest BCUT2D eigenvalue weighted by Gasteiger charge is -2.15. The molecule has 1 rings (SSSR count). The lowest BCUT2D eigenvalue weighted by atomic mass is 10.1. The Bertz CT molecular complexity index is 164. The summed E-state index contributed by atoms with van der Waals surface area (Å²) in [6, 6.07) is 0. The smallest absolute Gasteiger partial charge is 0.0593 e. The molecule has 0 spiro atoms. The van der Waals surface area contributed by atoms with Crippen molar-refractivity contribution in [1.82, 2.24) is 4.90 Å². The summed E-state index contributed by atoms with van der Waals surface area (Å²) < 4.78 is 5.60. The van der Waals surface area contributed by atoms with E-state index in [-0.39, 0.29) is 0 Å². The number of hydrogen-bond donors (Lipinski definition) is 0. The Morgan fingerprint density at radius 2 is 2.20 bits per heavy atom. The summed E-state index contributed by atoms with van der Waals surface area (Å²) >= 11 is 5.83. The van der Waals surface area contributed by atoms with Crippen LogP contribution in [0.3, 0.4) is 0 Å². The fourth-order valence-corrected chi connectivity index (χ4v) is 2.11. The van der Waals surface area contributed by atoms with Gasteiger partial charge in [-0.2, -0.15) is 0 Å². The average Bonchev–Trinajstić information content (AvgIpc) is 2.65. The molecule has 0 radical (unpaired) electrons. The van der Waals surface area contributed by atoms with Gasteiger partial charge in [0, 0.05) is 25.6 Å². The van der Waals surface area contributed by atoms with E-state index in [4.69, 9.17) is 16.3 Å². The highest BCUT2D eigenvalue weighted by molar-refractivity contribution is 6.18. The van der Waals surface area contributed by atoms with Crippen LogP contribution in [0, 0.1) is 11.8 Å². The maximum Gasteiger partial charge on any atom is 0.0593 e. The van der Waals surface area contributed by atoms with E-state index in [1.165, 1.54) is 19.4 Å². The fourth-order valence-electron chi connectivity index (χ4n) is 1.86. The van der Waals surface area contributed by atoms with Gasteiger partial charge in [-0.3, -0.25) is 0 Å². The van der Waals surface area contributed by atoms with Gasteiger partial charge in [-0.15, -0.1) is 11.6 Å². The van der Waals surface area contributed by atoms with Crippen LogP contribution in [-0.2, 0) is 4.74 Å². The minimum Gasteiger partial charge on any atom is -0.380 e. The van der Waals surface area contributed by atoms with Gasteiger partial charge in [-0.25, -0.2) is 0 Å². The van der Waals surface area contributed by atoms with Crippen molar-refractivity contribution in [2.24, 2.45) is 11.8 Å². The lowest BCUT2D eigenvalue weighted by Crippen LogP contribution is -2.25. The molecule has 0 amide bonds. The Morgan fingerprint density at radius 1 is 1.40 bits per heavy atom. The molecule has 1 heterocycles. The first-order chi connectivity index (χ1) is 7.22. The van der Waals surface area contributed by atoms with Crippen molar-refractivity contribution in [3.63, 3.8) is 0 Å². The molecule has 1 fully saturated rings. The average molecular weight is 234 g/mol. The van der Waals surface area contributed by atoms with Crippen molar-refractivity contribution >= 4 is 11.6 Å². The Kier molecular flexibility index (Phi) is 6.62. The van der Waals surface area contributed by atoms with E-state index in [0.717, 1.165) is 38.1 Å². The molecule has 1 atom stereocenters. The summed E-state index contributed by atoms with van der Waals surface area (Å²) in [5.74, 6) is 2.27. The molecule has 0 saturated carbocycles. The molecular weight excluding hydrogens is 210 g/mol. The molecule has 1 aliphatic heterocycles. The van der Waals surface area contributed by atoms with Crippen LogP contribution in [0.1, 0.15) is 26.7 Å². The molecule has 0 aromatic carbocycles. The van der Waals surface area contributed by atoms with Crippen LogP contribution in [0.4, 0.5) is 0 Å². The first kappa shape index (κ1) is 13.3. The van der Waals surface area contributed by atoms with E-state index in [9.17, 15) is 0 Å². The second-order valence-electron chi connectivity index (χ2n) is 4.90. The molecule has 1 saturated heterocycles. The standard InChI is InChI=1S/C12H24ClNO/c1-11(2)4-7-15-8-6-14-5-3-12(9-13)10-14/h11-12H,3-10H2,1-2H3. The van der Waals surface area contributed by atoms with Crippen LogP contribution in [0.2, 0.25) is 0 Å². The summed E-state index contributed by atoms with van der Waals surface area (Å²) in [4.78, 5) is 2.46. The molecular formula is C12H24ClNO. The van der Waals surface area contributed by atoms with Gasteiger partial charge in [-0.05, 0) is 31.2 Å². The molecule has 0 aromatic rings. The molecule has 3 heteroatoms. The number of rotatable bonds is 7. The van der Waals surface area contributed by atoms with E-state index in [1.54, 1.807) is 0 Å². The summed E-state index contributed by atoms with van der Waals surface area (Å²) in [7, 11) is 0. The lowest BCUT2D eigenvalue weighted by molar-refractivity contribution is 0.102. The van der Waals surface area contributed by atoms with Crippen LogP contribution >= 0.6 is 11.6 Å². The van der Waals surface area contributed by atoms with Crippen molar-refractivity contribution in [3.05, 3.63) is 0 Å². The van der Waals surface area contributed by atoms with E-state index >= 15 is 0 Å². The third-order valence-corrected chi connectivity index (χ3v) is 3.42. The van der Waals surface area contributed by atoms with Gasteiger partial charge in [0.15, 0.2) is 0 Å². The third-order valence-electron chi connectivity index (χ3n) is 2.98. The maximum atomic E-state index is 5.83. The summed E-state index contributed by atoms with van der Waals surface area (Å²) in [6.45, 7) is 9.68. The van der Waals surface area contributed by atoms with Crippen LogP contribution in [0.15, 0.2) is 0 Å². The zero-order valence-electron chi connectivity index (χ0n) is 10.0. The minimum atomic E-state index is 0.710. The fraction of sp³-hybridized carbons (Fsp3) is 1.00. The number of nitrogens with zero attached hydrogens (tertiary/aromatic N) is 1. The highest BCUT2D eigenvalue weighted by Gasteiger charge is 2.20. The number of alkyl halides is 1. The quantitative estimate of drug-likeness (QED) is 0.495. The highest BCUT2D eigenvalue weighted by Crippen LogP contribution is 2.16. The third kappa shape index (κ3) is 5.74. The molecule has 0 bridgehead atoms. The Labute approximate surface area is 98.9 Å². The van der Waals surface area contributed by atoms with Gasteiger partial charge in [0.1, 0.15) is 0 Å². The largest absolute Gasteiger partial charge is 0.380 e. The second-order valence-corrected chi connectivity index (χ2v) is 5.21. The van der Waals surface area contributed by atoms with Gasteiger partial charge in [0.2, 0.25) is 0 Å². The van der Waals surface area contributed by atoms with Gasteiger partial charge in [-0.1, -0.05) is 13.8 Å². The first-order valence-electron chi connectivity index (χ1n) is 6.08. The van der Waals surface area contributed by atoms with Crippen molar-refractivity contribution < 1.29 is 4.74 Å². The molecule has 1 unspecified atom stereocenters. The molecule has 0 aromatic heterocycles. The molecule has 2 nitrogen and oxygen atoms in total. The molecule has 15 heavy (non-hydrogen) atoms. The predicted octanol–water partition coefficient (Wildman–Crippen LogP) is 2.61. The SMILES string of the molecule is CC(C)CCOCCN1CCC(CCl)C1. The monoisotopic (exact) mass is 233 g/mol. The summed E-state index contributed by atoms with van der Waals surface area (Å²) in [6.07, 6.45) is 2.43. The van der Waals surface area contributed by atoms with Crippen LogP contribution in [0.5, 0.6) is 0 Å². The van der Waals surface area contributed by atoms with Gasteiger partial charge < -0.3 is 9.64 Å². The van der Waals surface area contributed by atoms with E-state index < -0.39 is 0 Å². The normalized spacial score (nSPS) is 22.8. The number of hydrogen-bond acceptors (Lipinski definition) is 2. The zero-order valence-corrected chi connectivity index (χ0v) is 10.8. The first-order valence-corrected chi connectivity index (χ1v) is 6.62. The molecule has 0 N–H and O–H groups in total. The van der Waals surface area contributed by atoms with Crippen LogP contribution < -0.4 is 0 Å². The van der Waals surface area contributed by atoms with Gasteiger partial charge in [0.05, 0.1) is 6.61 Å². The Hall–Kier alpha value is 0.210. The Morgan fingerprint density at radius 3 is 2.80 bits per heavy atom. The van der Waals surface area contributed by atoms with E-state index in [0.29, 0.717) is 5.92 Å².